The van der Waals surface area contributed by atoms with Gasteiger partial charge in [0, 0.05) is 19.1 Å². The summed E-state index contributed by atoms with van der Waals surface area (Å²) in [6, 6.07) is 7.11. The number of piperidine rings is 1. The molecule has 33 heavy (non-hydrogen) atoms. The van der Waals surface area contributed by atoms with E-state index in [0.717, 1.165) is 32.1 Å². The fourth-order valence-corrected chi connectivity index (χ4v) is 4.69. The Morgan fingerprint density at radius 2 is 1.82 bits per heavy atom. The molecule has 3 heterocycles. The lowest BCUT2D eigenvalue weighted by atomic mass is 10.1. The third-order valence-corrected chi connectivity index (χ3v) is 6.51. The van der Waals surface area contributed by atoms with Crippen molar-refractivity contribution in [3.8, 4) is 5.75 Å². The van der Waals surface area contributed by atoms with E-state index in [2.05, 4.69) is 4.98 Å². The molecule has 2 aliphatic heterocycles. The molecule has 1 unspecified atom stereocenters. The van der Waals surface area contributed by atoms with Gasteiger partial charge in [-0.2, -0.15) is 0 Å². The average Bonchev–Trinajstić information content (AvgIpc) is 3.64. The highest BCUT2D eigenvalue weighted by molar-refractivity contribution is 6.03. The summed E-state index contributed by atoms with van der Waals surface area (Å²) in [6.07, 6.45) is 3.85. The summed E-state index contributed by atoms with van der Waals surface area (Å²) < 4.78 is 7.30. The third kappa shape index (κ3) is 4.01. The van der Waals surface area contributed by atoms with E-state index in [9.17, 15) is 19.2 Å². The van der Waals surface area contributed by atoms with Gasteiger partial charge in [0.25, 0.3) is 11.5 Å². The molecule has 1 aromatic heterocycles. The number of aromatic nitrogens is 2. The maximum atomic E-state index is 13.3. The highest BCUT2D eigenvalue weighted by atomic mass is 16.5. The Kier molecular flexibility index (Phi) is 5.43. The van der Waals surface area contributed by atoms with Crippen molar-refractivity contribution >= 4 is 23.2 Å². The average molecular weight is 453 g/mol. The number of aromatic amines is 1. The molecular weight excluding hydrogens is 426 g/mol. The number of ether oxygens (including phenoxy) is 1. The van der Waals surface area contributed by atoms with E-state index in [4.69, 9.17) is 10.5 Å². The molecule has 5 rings (SSSR count). The summed E-state index contributed by atoms with van der Waals surface area (Å²) in [6.45, 7) is 1.42. The Hall–Kier alpha value is -3.56. The zero-order valence-electron chi connectivity index (χ0n) is 18.3. The molecule has 10 heteroatoms. The van der Waals surface area contributed by atoms with E-state index in [-0.39, 0.29) is 36.4 Å². The number of Topliss-reactive ketones (excluding diaryl/α,β-unsaturated/α-hetero) is 1. The van der Waals surface area contributed by atoms with Gasteiger partial charge in [0.15, 0.2) is 11.9 Å². The predicted molar refractivity (Wildman–Crippen MR) is 122 cm³/mol. The number of nitrogens with zero attached hydrogens (tertiary/aromatic N) is 3. The zero-order valence-corrected chi connectivity index (χ0v) is 18.3. The standard InChI is InChI=1S/C23H27N5O5/c24-20-19(21(30)25-23(32)28(20)14-8-9-14)16(29)12-27-13-18(22(31)26-10-4-1-5-11-26)33-17-7-3-2-6-15(17)27/h2-3,6-7,14,18H,1,4-5,8-13,24H2,(H,25,30,32). The van der Waals surface area contributed by atoms with Crippen LogP contribution in [0.15, 0.2) is 33.9 Å². The normalized spacial score (nSPS) is 20.2. The van der Waals surface area contributed by atoms with Crippen molar-refractivity contribution in [2.75, 3.05) is 36.8 Å². The quantitative estimate of drug-likeness (QED) is 0.644. The van der Waals surface area contributed by atoms with Crippen molar-refractivity contribution in [3.05, 3.63) is 50.7 Å². The van der Waals surface area contributed by atoms with E-state index >= 15 is 0 Å². The number of para-hydroxylation sites is 2. The number of anilines is 2. The first kappa shape index (κ1) is 21.3. The number of ketones is 1. The van der Waals surface area contributed by atoms with Crippen molar-refractivity contribution in [1.29, 1.82) is 0 Å². The summed E-state index contributed by atoms with van der Waals surface area (Å²) in [5.74, 6) is -0.194. The second-order valence-electron chi connectivity index (χ2n) is 8.88. The number of carbonyl (C=O) groups excluding carboxylic acids is 2. The molecule has 2 aromatic rings. The fourth-order valence-electron chi connectivity index (χ4n) is 4.69. The molecule has 1 aliphatic carbocycles. The molecule has 0 radical (unpaired) electrons. The molecule has 3 aliphatic rings. The number of benzene rings is 1. The van der Waals surface area contributed by atoms with Crippen LogP contribution in [0.2, 0.25) is 0 Å². The summed E-state index contributed by atoms with van der Waals surface area (Å²) in [5.41, 5.74) is 5.18. The van der Waals surface area contributed by atoms with Crippen LogP contribution in [0.5, 0.6) is 5.75 Å². The number of nitrogen functional groups attached to an aromatic ring is 1. The second-order valence-corrected chi connectivity index (χ2v) is 8.88. The first-order chi connectivity index (χ1) is 15.9. The predicted octanol–water partition coefficient (Wildman–Crippen LogP) is 0.916. The summed E-state index contributed by atoms with van der Waals surface area (Å²) in [5, 5.41) is 0. The number of rotatable bonds is 5. The summed E-state index contributed by atoms with van der Waals surface area (Å²) in [4.78, 5) is 56.8. The molecule has 3 N–H and O–H groups in total. The van der Waals surface area contributed by atoms with Crippen molar-refractivity contribution in [2.45, 2.75) is 44.2 Å². The largest absolute Gasteiger partial charge is 0.477 e. The lowest BCUT2D eigenvalue weighted by Gasteiger charge is -2.38. The van der Waals surface area contributed by atoms with Gasteiger partial charge in [0.1, 0.15) is 17.1 Å². The highest BCUT2D eigenvalue weighted by Crippen LogP contribution is 2.36. The van der Waals surface area contributed by atoms with Crippen LogP contribution in [-0.2, 0) is 4.79 Å². The smallest absolute Gasteiger partial charge is 0.330 e. The number of H-pyrrole nitrogens is 1. The number of nitrogens with two attached hydrogens (primary N) is 1. The SMILES string of the molecule is Nc1c(C(=O)CN2CC(C(=O)N3CCCCC3)Oc3ccccc32)c(=O)[nH]c(=O)n1C1CC1. The first-order valence-electron chi connectivity index (χ1n) is 11.4. The Morgan fingerprint density at radius 3 is 2.55 bits per heavy atom. The molecular formula is C23H27N5O5. The van der Waals surface area contributed by atoms with Crippen LogP contribution in [-0.4, -0.2) is 58.4 Å². The molecule has 1 atom stereocenters. The highest BCUT2D eigenvalue weighted by Gasteiger charge is 2.36. The topological polar surface area (TPSA) is 131 Å². The van der Waals surface area contributed by atoms with Crippen LogP contribution < -0.4 is 26.6 Å². The Morgan fingerprint density at radius 1 is 1.09 bits per heavy atom. The van der Waals surface area contributed by atoms with Gasteiger partial charge in [-0.25, -0.2) is 4.79 Å². The molecule has 1 saturated carbocycles. The van der Waals surface area contributed by atoms with E-state index in [0.29, 0.717) is 24.5 Å². The number of hydrogen-bond acceptors (Lipinski definition) is 7. The Labute approximate surface area is 189 Å². The maximum absolute atomic E-state index is 13.3. The van der Waals surface area contributed by atoms with E-state index in [1.54, 1.807) is 17.0 Å². The number of nitrogens with one attached hydrogen (secondary N) is 1. The van der Waals surface area contributed by atoms with E-state index in [1.807, 2.05) is 17.0 Å². The number of fused-ring (bicyclic) bond motifs is 1. The number of hydrogen-bond donors (Lipinski definition) is 2. The molecule has 10 nitrogen and oxygen atoms in total. The van der Waals surface area contributed by atoms with Gasteiger partial charge in [0.05, 0.1) is 18.8 Å². The van der Waals surface area contributed by atoms with Gasteiger partial charge < -0.3 is 20.3 Å². The molecule has 174 valence electrons. The number of amides is 1. The van der Waals surface area contributed by atoms with Gasteiger partial charge >= 0.3 is 5.69 Å². The van der Waals surface area contributed by atoms with Gasteiger partial charge in [-0.15, -0.1) is 0 Å². The van der Waals surface area contributed by atoms with Crippen LogP contribution >= 0.6 is 0 Å². The van der Waals surface area contributed by atoms with Gasteiger partial charge in [-0.05, 0) is 44.2 Å². The lowest BCUT2D eigenvalue weighted by Crippen LogP contribution is -2.52. The van der Waals surface area contributed by atoms with Crippen LogP contribution in [0, 0.1) is 0 Å². The minimum atomic E-state index is -0.790. The van der Waals surface area contributed by atoms with Crippen molar-refractivity contribution in [1.82, 2.24) is 14.5 Å². The van der Waals surface area contributed by atoms with E-state index in [1.165, 1.54) is 4.57 Å². The zero-order chi connectivity index (χ0) is 23.1. The Balaban J connectivity index is 1.43. The maximum Gasteiger partial charge on any atom is 0.330 e. The van der Waals surface area contributed by atoms with Crippen LogP contribution in [0.1, 0.15) is 48.5 Å². The molecule has 1 aromatic carbocycles. The summed E-state index contributed by atoms with van der Waals surface area (Å²) >= 11 is 0. The monoisotopic (exact) mass is 453 g/mol. The van der Waals surface area contributed by atoms with E-state index < -0.39 is 23.1 Å². The van der Waals surface area contributed by atoms with Gasteiger partial charge in [-0.1, -0.05) is 12.1 Å². The van der Waals surface area contributed by atoms with Crippen molar-refractivity contribution in [3.63, 3.8) is 0 Å². The van der Waals surface area contributed by atoms with Crippen molar-refractivity contribution < 1.29 is 14.3 Å². The number of likely N-dealkylation sites (tertiary alicyclic amines) is 1. The fraction of sp³-hybridized carbons (Fsp3) is 0.478. The lowest BCUT2D eigenvalue weighted by molar-refractivity contribution is -0.139. The number of carbonyl (C=O) groups is 2. The molecule has 2 fully saturated rings. The second kappa shape index (κ2) is 8.42. The minimum absolute atomic E-state index is 0.0865. The van der Waals surface area contributed by atoms with Crippen LogP contribution in [0.25, 0.3) is 0 Å². The third-order valence-electron chi connectivity index (χ3n) is 6.51. The molecule has 1 amide bonds. The molecule has 0 spiro atoms. The Bertz CT molecular complexity index is 1210. The van der Waals surface area contributed by atoms with Gasteiger partial charge in [-0.3, -0.25) is 23.9 Å². The minimum Gasteiger partial charge on any atom is -0.477 e. The van der Waals surface area contributed by atoms with Crippen LogP contribution in [0.4, 0.5) is 11.5 Å². The van der Waals surface area contributed by atoms with Crippen LogP contribution in [0.3, 0.4) is 0 Å². The van der Waals surface area contributed by atoms with Gasteiger partial charge in [0.2, 0.25) is 0 Å². The van der Waals surface area contributed by atoms with Crippen molar-refractivity contribution in [2.24, 2.45) is 0 Å². The summed E-state index contributed by atoms with van der Waals surface area (Å²) in [7, 11) is 0. The molecule has 1 saturated heterocycles. The molecule has 0 bridgehead atoms. The first-order valence-corrected chi connectivity index (χ1v) is 11.4.